The van der Waals surface area contributed by atoms with E-state index in [2.05, 4.69) is 189 Å². The van der Waals surface area contributed by atoms with Crippen LogP contribution in [-0.2, 0) is 5.41 Å². The zero-order valence-corrected chi connectivity index (χ0v) is 28.0. The Kier molecular flexibility index (Phi) is 6.74. The van der Waals surface area contributed by atoms with Gasteiger partial charge in [-0.15, -0.1) is 0 Å². The summed E-state index contributed by atoms with van der Waals surface area (Å²) >= 11 is 0. The van der Waals surface area contributed by atoms with Crippen LogP contribution in [0.25, 0.3) is 82.7 Å². The average molecular weight is 629 g/mol. The highest BCUT2D eigenvalue weighted by molar-refractivity contribution is 6.22. The molecule has 0 amide bonds. The van der Waals surface area contributed by atoms with Crippen molar-refractivity contribution in [3.63, 3.8) is 0 Å². The van der Waals surface area contributed by atoms with E-state index in [1.165, 1.54) is 60.1 Å². The fraction of sp³-hybridized carbons (Fsp3) is 0.0851. The highest BCUT2D eigenvalue weighted by Gasteiger charge is 2.21. The molecule has 1 aromatic heterocycles. The molecule has 0 bridgehead atoms. The minimum Gasteiger partial charge on any atom is -0.292 e. The Bertz CT molecular complexity index is 2670. The maximum absolute atomic E-state index is 5.07. The molecule has 234 valence electrons. The molecule has 0 aliphatic heterocycles. The lowest BCUT2D eigenvalue weighted by atomic mass is 9.81. The normalized spacial score (nSPS) is 12.0. The molecule has 0 N–H and O–H groups in total. The third kappa shape index (κ3) is 4.91. The van der Waals surface area contributed by atoms with Crippen LogP contribution < -0.4 is 0 Å². The van der Waals surface area contributed by atoms with Gasteiger partial charge in [-0.3, -0.25) is 4.57 Å². The molecule has 8 aromatic carbocycles. The molecule has 2 heteroatoms. The van der Waals surface area contributed by atoms with Crippen LogP contribution in [0.5, 0.6) is 0 Å². The van der Waals surface area contributed by atoms with Crippen LogP contribution in [-0.4, -0.2) is 9.55 Å². The number of fused-ring (bicyclic) bond motifs is 4. The Hall–Kier alpha value is -5.99. The van der Waals surface area contributed by atoms with Crippen molar-refractivity contribution in [2.75, 3.05) is 0 Å². The van der Waals surface area contributed by atoms with Crippen molar-refractivity contribution in [1.82, 2.24) is 9.55 Å². The summed E-state index contributed by atoms with van der Waals surface area (Å²) in [5, 5.41) is 7.58. The lowest BCUT2D eigenvalue weighted by molar-refractivity contribution is 0.591. The summed E-state index contributed by atoms with van der Waals surface area (Å²) in [6.45, 7) is 6.90. The van der Waals surface area contributed by atoms with Crippen LogP contribution in [0, 0.1) is 0 Å². The minimum absolute atomic E-state index is 0.0143. The third-order valence-corrected chi connectivity index (χ3v) is 9.94. The van der Waals surface area contributed by atoms with Crippen molar-refractivity contribution in [2.24, 2.45) is 0 Å². The number of aromatic nitrogens is 2. The average Bonchev–Trinajstić information content (AvgIpc) is 3.53. The van der Waals surface area contributed by atoms with Gasteiger partial charge in [0.2, 0.25) is 0 Å². The van der Waals surface area contributed by atoms with Crippen LogP contribution in [0.2, 0.25) is 0 Å². The van der Waals surface area contributed by atoms with E-state index in [0.29, 0.717) is 0 Å². The van der Waals surface area contributed by atoms with Crippen molar-refractivity contribution in [3.8, 4) is 39.3 Å². The van der Waals surface area contributed by atoms with E-state index in [9.17, 15) is 0 Å². The summed E-state index contributed by atoms with van der Waals surface area (Å²) in [5.41, 5.74) is 10.6. The Labute approximate surface area is 286 Å². The van der Waals surface area contributed by atoms with Crippen molar-refractivity contribution in [3.05, 3.63) is 169 Å². The first kappa shape index (κ1) is 29.2. The molecule has 1 heterocycles. The number of hydrogen-bond acceptors (Lipinski definition) is 1. The first-order chi connectivity index (χ1) is 23.9. The van der Waals surface area contributed by atoms with Gasteiger partial charge in [-0.25, -0.2) is 4.98 Å². The lowest BCUT2D eigenvalue weighted by Crippen LogP contribution is -2.10. The molecule has 0 saturated carbocycles. The van der Waals surface area contributed by atoms with Gasteiger partial charge in [0.1, 0.15) is 5.82 Å². The van der Waals surface area contributed by atoms with E-state index in [1.54, 1.807) is 0 Å². The second kappa shape index (κ2) is 11.3. The molecule has 0 unspecified atom stereocenters. The van der Waals surface area contributed by atoms with Crippen molar-refractivity contribution in [1.29, 1.82) is 0 Å². The van der Waals surface area contributed by atoms with E-state index >= 15 is 0 Å². The largest absolute Gasteiger partial charge is 0.292 e. The van der Waals surface area contributed by atoms with E-state index in [4.69, 9.17) is 4.98 Å². The van der Waals surface area contributed by atoms with E-state index < -0.39 is 0 Å². The topological polar surface area (TPSA) is 17.8 Å². The molecule has 0 aliphatic carbocycles. The summed E-state index contributed by atoms with van der Waals surface area (Å²) in [7, 11) is 0. The van der Waals surface area contributed by atoms with Gasteiger partial charge in [0, 0.05) is 11.3 Å². The molecule has 0 fully saturated rings. The Morgan fingerprint density at radius 1 is 0.449 bits per heavy atom. The first-order valence-electron chi connectivity index (χ1n) is 17.1. The van der Waals surface area contributed by atoms with Crippen molar-refractivity contribution >= 4 is 43.4 Å². The predicted molar refractivity (Wildman–Crippen MR) is 209 cm³/mol. The summed E-state index contributed by atoms with van der Waals surface area (Å²) in [6, 6.07) is 59.5. The predicted octanol–water partition coefficient (Wildman–Crippen LogP) is 12.8. The molecule has 0 radical (unpaired) electrons. The smallest absolute Gasteiger partial charge is 0.145 e. The van der Waals surface area contributed by atoms with Crippen LogP contribution in [0.3, 0.4) is 0 Å². The third-order valence-electron chi connectivity index (χ3n) is 9.94. The molecule has 9 rings (SSSR count). The van der Waals surface area contributed by atoms with Gasteiger partial charge < -0.3 is 0 Å². The first-order valence-corrected chi connectivity index (χ1v) is 17.1. The van der Waals surface area contributed by atoms with Gasteiger partial charge in [0.05, 0.1) is 11.0 Å². The molecular formula is C47H36N2. The maximum Gasteiger partial charge on any atom is 0.145 e. The van der Waals surface area contributed by atoms with E-state index in [1.807, 2.05) is 0 Å². The molecule has 9 aromatic rings. The summed E-state index contributed by atoms with van der Waals surface area (Å²) in [6.07, 6.45) is 0. The van der Waals surface area contributed by atoms with Gasteiger partial charge in [0.15, 0.2) is 0 Å². The minimum atomic E-state index is 0.0143. The molecule has 49 heavy (non-hydrogen) atoms. The fourth-order valence-corrected chi connectivity index (χ4v) is 7.46. The number of imidazole rings is 1. The quantitative estimate of drug-likeness (QED) is 0.177. The lowest BCUT2D eigenvalue weighted by Gasteiger charge is -2.23. The molecule has 2 nitrogen and oxygen atoms in total. The van der Waals surface area contributed by atoms with Gasteiger partial charge in [0.25, 0.3) is 0 Å². The molecule has 0 aliphatic rings. The Morgan fingerprint density at radius 2 is 1.06 bits per heavy atom. The number of nitrogens with zero attached hydrogens (tertiary/aromatic N) is 2. The van der Waals surface area contributed by atoms with Crippen LogP contribution in [0.15, 0.2) is 164 Å². The number of benzene rings is 8. The highest BCUT2D eigenvalue weighted by atomic mass is 15.1. The SMILES string of the molecule is CC(C)(C)c1ccc2c(-c3ccc4ccccc4c3)c3ccccc3c(-c3ccc(-n4c(-c5ccccc5)nc5ccccc54)cc3)c2c1. The Morgan fingerprint density at radius 3 is 1.82 bits per heavy atom. The monoisotopic (exact) mass is 628 g/mol. The molecule has 0 spiro atoms. The summed E-state index contributed by atoms with van der Waals surface area (Å²) < 4.78 is 2.28. The summed E-state index contributed by atoms with van der Waals surface area (Å²) in [5.74, 6) is 0.944. The zero-order valence-electron chi connectivity index (χ0n) is 28.0. The summed E-state index contributed by atoms with van der Waals surface area (Å²) in [4.78, 5) is 5.07. The number of hydrogen-bond donors (Lipinski definition) is 0. The second-order valence-electron chi connectivity index (χ2n) is 14.0. The van der Waals surface area contributed by atoms with Gasteiger partial charge >= 0.3 is 0 Å². The fourth-order valence-electron chi connectivity index (χ4n) is 7.46. The number of rotatable bonds is 4. The van der Waals surface area contributed by atoms with Gasteiger partial charge in [-0.1, -0.05) is 148 Å². The van der Waals surface area contributed by atoms with Crippen LogP contribution >= 0.6 is 0 Å². The van der Waals surface area contributed by atoms with Gasteiger partial charge in [-0.2, -0.15) is 0 Å². The second-order valence-corrected chi connectivity index (χ2v) is 14.0. The van der Waals surface area contributed by atoms with Crippen molar-refractivity contribution in [2.45, 2.75) is 26.2 Å². The highest BCUT2D eigenvalue weighted by Crippen LogP contribution is 2.45. The van der Waals surface area contributed by atoms with E-state index in [-0.39, 0.29) is 5.41 Å². The van der Waals surface area contributed by atoms with Crippen molar-refractivity contribution < 1.29 is 0 Å². The van der Waals surface area contributed by atoms with Crippen LogP contribution in [0.1, 0.15) is 26.3 Å². The maximum atomic E-state index is 5.07. The molecule has 0 saturated heterocycles. The number of para-hydroxylation sites is 2. The van der Waals surface area contributed by atoms with Gasteiger partial charge in [-0.05, 0) is 102 Å². The van der Waals surface area contributed by atoms with E-state index in [0.717, 1.165) is 28.1 Å². The Balaban J connectivity index is 1.29. The zero-order chi connectivity index (χ0) is 33.1. The van der Waals surface area contributed by atoms with Crippen LogP contribution in [0.4, 0.5) is 0 Å². The molecular weight excluding hydrogens is 593 g/mol. The molecule has 0 atom stereocenters. The standard InChI is InChI=1S/C47H36N2/c1-47(2,3)36-25-28-40-41(30-36)44(38-17-9-10-18-39(38)45(40)35-22-21-31-13-7-8-16-34(31)29-35)32-23-26-37(27-24-32)49-43-20-12-11-19-42(43)48-46(49)33-14-5-4-6-15-33/h4-30H,1-3H3.